The molecule has 2 aromatic carbocycles. The van der Waals surface area contributed by atoms with Crippen molar-refractivity contribution in [1.82, 2.24) is 19.9 Å². The summed E-state index contributed by atoms with van der Waals surface area (Å²) in [6, 6.07) is 20.9. The predicted molar refractivity (Wildman–Crippen MR) is 174 cm³/mol. The summed E-state index contributed by atoms with van der Waals surface area (Å²) in [6.07, 6.45) is 3.42. The maximum absolute atomic E-state index is 13.4. The van der Waals surface area contributed by atoms with E-state index in [1.54, 1.807) is 17.2 Å². The first kappa shape index (κ1) is 27.9. The number of para-hydroxylation sites is 1. The summed E-state index contributed by atoms with van der Waals surface area (Å²) < 4.78 is 1.01. The van der Waals surface area contributed by atoms with Crippen LogP contribution in [0.3, 0.4) is 0 Å². The SMILES string of the molecule is CN1CCN(c2ccc(-c3ccc(-c4ccc5c(c4)N(C(=O)Nc4nc6ccccc6s4)CCC5)nc3C(=O)O)cn2)CC1. The van der Waals surface area contributed by atoms with Crippen LogP contribution in [0.4, 0.5) is 21.4 Å². The molecule has 0 atom stereocenters. The Morgan fingerprint density at radius 2 is 1.73 bits per heavy atom. The second kappa shape index (κ2) is 11.7. The maximum atomic E-state index is 13.4. The van der Waals surface area contributed by atoms with Gasteiger partial charge in [0.1, 0.15) is 5.82 Å². The summed E-state index contributed by atoms with van der Waals surface area (Å²) in [5.74, 6) is -0.228. The normalized spacial score (nSPS) is 15.3. The van der Waals surface area contributed by atoms with Gasteiger partial charge >= 0.3 is 12.0 Å². The van der Waals surface area contributed by atoms with E-state index in [4.69, 9.17) is 0 Å². The monoisotopic (exact) mass is 605 g/mol. The van der Waals surface area contributed by atoms with Crippen LogP contribution in [0.5, 0.6) is 0 Å². The van der Waals surface area contributed by atoms with E-state index in [0.717, 1.165) is 71.9 Å². The molecule has 5 aromatic rings. The van der Waals surface area contributed by atoms with Crippen LogP contribution >= 0.6 is 11.3 Å². The number of fused-ring (bicyclic) bond motifs is 2. The molecule has 0 unspecified atom stereocenters. The zero-order valence-corrected chi connectivity index (χ0v) is 25.0. The Balaban J connectivity index is 1.15. The quantitative estimate of drug-likeness (QED) is 0.256. The number of carboxylic acid groups (broad SMARTS) is 1. The molecule has 0 spiro atoms. The van der Waals surface area contributed by atoms with Gasteiger partial charge in [-0.1, -0.05) is 35.6 Å². The van der Waals surface area contributed by atoms with Crippen LogP contribution in [0, 0.1) is 0 Å². The van der Waals surface area contributed by atoms with Gasteiger partial charge in [-0.05, 0) is 67.9 Å². The highest BCUT2D eigenvalue weighted by Gasteiger charge is 2.25. The highest BCUT2D eigenvalue weighted by molar-refractivity contribution is 7.22. The van der Waals surface area contributed by atoms with Crippen molar-refractivity contribution in [2.75, 3.05) is 54.9 Å². The molecule has 44 heavy (non-hydrogen) atoms. The van der Waals surface area contributed by atoms with Gasteiger partial charge in [0.15, 0.2) is 10.8 Å². The summed E-state index contributed by atoms with van der Waals surface area (Å²) in [5, 5.41) is 13.6. The van der Waals surface area contributed by atoms with E-state index in [2.05, 4.69) is 37.1 Å². The number of aromatic carboxylic acids is 1. The number of hydrogen-bond acceptors (Lipinski definition) is 8. The first-order chi connectivity index (χ1) is 21.4. The van der Waals surface area contributed by atoms with E-state index in [-0.39, 0.29) is 11.7 Å². The predicted octanol–water partition coefficient (Wildman–Crippen LogP) is 5.86. The number of anilines is 3. The number of nitrogens with zero attached hydrogens (tertiary/aromatic N) is 6. The van der Waals surface area contributed by atoms with Crippen molar-refractivity contribution in [3.63, 3.8) is 0 Å². The van der Waals surface area contributed by atoms with Crippen molar-refractivity contribution in [2.45, 2.75) is 12.8 Å². The minimum atomic E-state index is -1.11. The van der Waals surface area contributed by atoms with E-state index in [1.165, 1.54) is 11.3 Å². The molecular weight excluding hydrogens is 574 g/mol. The number of likely N-dealkylation sites (N-methyl/N-ethyl adjacent to an activating group) is 1. The molecule has 0 radical (unpaired) electrons. The van der Waals surface area contributed by atoms with Crippen molar-refractivity contribution < 1.29 is 14.7 Å². The minimum absolute atomic E-state index is 0.0418. The van der Waals surface area contributed by atoms with Gasteiger partial charge in [-0.2, -0.15) is 0 Å². The molecule has 1 saturated heterocycles. The van der Waals surface area contributed by atoms with Crippen LogP contribution in [0.1, 0.15) is 22.5 Å². The van der Waals surface area contributed by atoms with Crippen LogP contribution in [0.2, 0.25) is 0 Å². The molecule has 0 aliphatic carbocycles. The lowest BCUT2D eigenvalue weighted by Crippen LogP contribution is -2.44. The molecule has 11 heteroatoms. The van der Waals surface area contributed by atoms with Crippen molar-refractivity contribution in [3.8, 4) is 22.4 Å². The minimum Gasteiger partial charge on any atom is -0.476 e. The first-order valence-corrected chi connectivity index (χ1v) is 15.5. The molecule has 2 aliphatic heterocycles. The van der Waals surface area contributed by atoms with E-state index in [1.807, 2.05) is 60.7 Å². The Kier molecular flexibility index (Phi) is 7.41. The Morgan fingerprint density at radius 1 is 0.909 bits per heavy atom. The number of amides is 2. The fraction of sp³-hybridized carbons (Fsp3) is 0.242. The standard InChI is InChI=1S/C33H31N7O3S/c1-38-15-17-39(18-16-38)29-13-10-23(20-34-29)24-11-12-25(35-30(24)31(41)42)22-9-8-21-5-4-14-40(27(21)19-22)33(43)37-32-36-26-6-2-3-7-28(26)44-32/h2-3,6-13,19-20H,4-5,14-18H2,1H3,(H,41,42)(H,36,37,43). The number of urea groups is 1. The van der Waals surface area contributed by atoms with Gasteiger partial charge in [-0.15, -0.1) is 0 Å². The molecule has 10 nitrogen and oxygen atoms in total. The molecule has 5 heterocycles. The Labute approximate surface area is 258 Å². The van der Waals surface area contributed by atoms with Crippen molar-refractivity contribution in [1.29, 1.82) is 0 Å². The second-order valence-corrected chi connectivity index (χ2v) is 12.1. The number of carbonyl (C=O) groups excluding carboxylic acids is 1. The Hall–Kier alpha value is -4.87. The number of carbonyl (C=O) groups is 2. The summed E-state index contributed by atoms with van der Waals surface area (Å²) in [6.45, 7) is 4.33. The molecule has 222 valence electrons. The summed E-state index contributed by atoms with van der Waals surface area (Å²) >= 11 is 1.44. The number of rotatable bonds is 5. The third kappa shape index (κ3) is 5.47. The topological polar surface area (TPSA) is 115 Å². The molecule has 7 rings (SSSR count). The Bertz CT molecular complexity index is 1830. The maximum Gasteiger partial charge on any atom is 0.355 e. The largest absolute Gasteiger partial charge is 0.476 e. The summed E-state index contributed by atoms with van der Waals surface area (Å²) in [4.78, 5) is 45.8. The number of pyridine rings is 2. The van der Waals surface area contributed by atoms with E-state index in [9.17, 15) is 14.7 Å². The number of nitrogens with one attached hydrogen (secondary N) is 1. The highest BCUT2D eigenvalue weighted by atomic mass is 32.1. The second-order valence-electron chi connectivity index (χ2n) is 11.1. The Morgan fingerprint density at radius 3 is 2.50 bits per heavy atom. The van der Waals surface area contributed by atoms with E-state index < -0.39 is 5.97 Å². The van der Waals surface area contributed by atoms with E-state index >= 15 is 0 Å². The number of thiazole rings is 1. The fourth-order valence-corrected chi connectivity index (χ4v) is 6.67. The van der Waals surface area contributed by atoms with Gasteiger partial charge in [0.05, 0.1) is 15.9 Å². The number of carboxylic acids is 1. The first-order valence-electron chi connectivity index (χ1n) is 14.6. The lowest BCUT2D eigenvalue weighted by molar-refractivity contribution is 0.0691. The molecule has 2 N–H and O–H groups in total. The van der Waals surface area contributed by atoms with Crippen molar-refractivity contribution in [2.24, 2.45) is 0 Å². The van der Waals surface area contributed by atoms with Crippen LogP contribution in [-0.2, 0) is 6.42 Å². The molecular formula is C33H31N7O3S. The lowest BCUT2D eigenvalue weighted by Gasteiger charge is -2.33. The average Bonchev–Trinajstić information content (AvgIpc) is 3.46. The number of benzene rings is 2. The smallest absolute Gasteiger partial charge is 0.355 e. The third-order valence-corrected chi connectivity index (χ3v) is 9.19. The number of aryl methyl sites for hydroxylation is 1. The zero-order valence-electron chi connectivity index (χ0n) is 24.2. The third-order valence-electron chi connectivity index (χ3n) is 8.24. The van der Waals surface area contributed by atoms with Gasteiger partial charge < -0.3 is 14.9 Å². The molecule has 0 saturated carbocycles. The molecule has 1 fully saturated rings. The van der Waals surface area contributed by atoms with Gasteiger partial charge in [-0.25, -0.2) is 24.5 Å². The van der Waals surface area contributed by atoms with Crippen LogP contribution in [-0.4, -0.2) is 76.7 Å². The van der Waals surface area contributed by atoms with Crippen molar-refractivity contribution >= 4 is 50.2 Å². The molecule has 0 bridgehead atoms. The molecule has 2 amide bonds. The van der Waals surface area contributed by atoms with Gasteiger partial charge in [0, 0.05) is 61.3 Å². The van der Waals surface area contributed by atoms with Gasteiger partial charge in [0.25, 0.3) is 0 Å². The average molecular weight is 606 g/mol. The molecule has 3 aromatic heterocycles. The van der Waals surface area contributed by atoms with Crippen molar-refractivity contribution in [3.05, 3.63) is 84.2 Å². The highest BCUT2D eigenvalue weighted by Crippen LogP contribution is 2.34. The zero-order chi connectivity index (χ0) is 30.2. The van der Waals surface area contributed by atoms with Gasteiger partial charge in [-0.3, -0.25) is 10.2 Å². The summed E-state index contributed by atoms with van der Waals surface area (Å²) in [5.41, 5.74) is 5.12. The fourth-order valence-electron chi connectivity index (χ4n) is 5.81. The van der Waals surface area contributed by atoms with E-state index in [0.29, 0.717) is 28.5 Å². The summed E-state index contributed by atoms with van der Waals surface area (Å²) in [7, 11) is 2.11. The number of aromatic nitrogens is 3. The number of piperazine rings is 1. The van der Waals surface area contributed by atoms with Crippen LogP contribution in [0.15, 0.2) is 72.9 Å². The van der Waals surface area contributed by atoms with Crippen LogP contribution < -0.4 is 15.1 Å². The molecule has 2 aliphatic rings. The number of hydrogen-bond donors (Lipinski definition) is 2. The van der Waals surface area contributed by atoms with Gasteiger partial charge in [0.2, 0.25) is 0 Å². The van der Waals surface area contributed by atoms with Crippen LogP contribution in [0.25, 0.3) is 32.6 Å². The lowest BCUT2D eigenvalue weighted by atomic mass is 9.97.